The van der Waals surface area contributed by atoms with Gasteiger partial charge in [-0.2, -0.15) is 0 Å². The van der Waals surface area contributed by atoms with Gasteiger partial charge in [0.2, 0.25) is 0 Å². The number of phenols is 2. The van der Waals surface area contributed by atoms with Gasteiger partial charge < -0.3 is 73.8 Å². The highest BCUT2D eigenvalue weighted by Crippen LogP contribution is 2.47. The van der Waals surface area contributed by atoms with Crippen molar-refractivity contribution in [3.05, 3.63) is 150 Å². The molecule has 0 spiro atoms. The van der Waals surface area contributed by atoms with Crippen LogP contribution in [0.15, 0.2) is 127 Å². The minimum absolute atomic E-state index is 0.0834. The van der Waals surface area contributed by atoms with Gasteiger partial charge in [0.05, 0.1) is 47.6 Å². The second-order valence-electron chi connectivity index (χ2n) is 31.4. The normalized spacial score (nSPS) is 31.9. The molecule has 1 aliphatic carbocycles. The van der Waals surface area contributed by atoms with E-state index in [4.69, 9.17) is 33.2 Å². The fourth-order valence-electron chi connectivity index (χ4n) is 17.0. The van der Waals surface area contributed by atoms with Crippen molar-refractivity contribution in [2.24, 2.45) is 23.7 Å². The van der Waals surface area contributed by atoms with E-state index in [0.29, 0.717) is 30.1 Å². The minimum atomic E-state index is -1.99. The van der Waals surface area contributed by atoms with Crippen molar-refractivity contribution in [2.45, 2.75) is 218 Å². The molecule has 13 rings (SSSR count). The zero-order chi connectivity index (χ0) is 76.4. The Kier molecular flexibility index (Phi) is 25.3. The maximum absolute atomic E-state index is 14.1. The number of ether oxygens (including phenoxy) is 7. The van der Waals surface area contributed by atoms with Crippen molar-refractivity contribution in [2.75, 3.05) is 47.4 Å². The van der Waals surface area contributed by atoms with Crippen LogP contribution in [-0.2, 0) is 44.4 Å². The van der Waals surface area contributed by atoms with Crippen LogP contribution in [-0.4, -0.2) is 195 Å². The number of hydrogen-bond acceptors (Lipinski definition) is 20. The number of aromatic hydroxyl groups is 2. The molecule has 106 heavy (non-hydrogen) atoms. The van der Waals surface area contributed by atoms with Crippen LogP contribution in [0.4, 0.5) is 0 Å². The van der Waals surface area contributed by atoms with Gasteiger partial charge in [-0.3, -0.25) is 19.3 Å². The third-order valence-electron chi connectivity index (χ3n) is 23.1. The smallest absolute Gasteiger partial charge is 0.311 e. The van der Waals surface area contributed by atoms with Gasteiger partial charge in [0, 0.05) is 70.0 Å². The molecule has 7 N–H and O–H groups in total. The van der Waals surface area contributed by atoms with Gasteiger partial charge >= 0.3 is 5.97 Å². The number of nitrogens with zero attached hydrogens (tertiary/aromatic N) is 2. The van der Waals surface area contributed by atoms with E-state index in [9.17, 15) is 50.1 Å². The molecule has 572 valence electrons. The average molecular weight is 1480 g/mol. The molecule has 4 fully saturated rings. The van der Waals surface area contributed by atoms with Gasteiger partial charge in [-0.1, -0.05) is 95.6 Å². The molecule has 7 aromatic carbocycles. The van der Waals surface area contributed by atoms with Crippen LogP contribution in [0.3, 0.4) is 0 Å². The van der Waals surface area contributed by atoms with Gasteiger partial charge in [0.25, 0.3) is 0 Å². The van der Waals surface area contributed by atoms with Gasteiger partial charge in [-0.25, -0.2) is 0 Å². The zero-order valence-corrected chi connectivity index (χ0v) is 64.7. The number of rotatable bonds is 14. The summed E-state index contributed by atoms with van der Waals surface area (Å²) in [6.45, 7) is 22.5. The molecular weight excluding hydrogens is 1370 g/mol. The second kappa shape index (κ2) is 33.5. The molecule has 1 unspecified atom stereocenters. The lowest BCUT2D eigenvalue weighted by atomic mass is 9.74. The third kappa shape index (κ3) is 17.1. The first-order valence-corrected chi connectivity index (χ1v) is 38.6. The number of Topliss-reactive ketones (excluding diaryl/α,β-unsaturated/α-hetero) is 1. The van der Waals surface area contributed by atoms with Gasteiger partial charge in [0.15, 0.2) is 18.4 Å². The Balaban J connectivity index is 0.000000173. The molecule has 19 atom stereocenters. The highest BCUT2D eigenvalue weighted by Gasteiger charge is 2.54. The predicted molar refractivity (Wildman–Crippen MR) is 414 cm³/mol. The van der Waals surface area contributed by atoms with Crippen molar-refractivity contribution in [1.29, 1.82) is 0 Å². The Morgan fingerprint density at radius 1 is 0.708 bits per heavy atom. The van der Waals surface area contributed by atoms with E-state index in [1.54, 1.807) is 89.6 Å². The lowest BCUT2D eigenvalue weighted by Gasteiger charge is -2.49. The Morgan fingerprint density at radius 3 is 2.08 bits per heavy atom. The standard InChI is InChI=1S/C37H67NO13.C28H27NO4S.C21H16/c1-14-25-37(10,45)30(41)20(4)27(39)18(2)16-35(8,44)32(51-34-28(40)24(38(11)12)15-19(3)47-34)21(5)29(22(6)33(43)49-25)50-26-17-36(9,46-13)31(42)23(7)48-26;30-21-8-4-20(5-9-21)28-26(24-13-10-22(31)18-25(24)34-28)27(32)19-6-11-23(12-7-19)33-17-16-29-14-2-1-3-15-29;1-13-11-15-6-4-7-16-12-19-17-8-3-2-5-14(17)9-10-18(19)20(13)21(15)16/h18-26,28-32,34,40-42,44-45H,14-17H2,1-13H3;4-13,18,30-31H,1-3,14-17H2;2-10,12-13H,11H2,1H3/t18-,19-,20+,21+,22-,23+,24+,25-,26+,28-,29+,30-,31+,32-,34+,35-,36-,37-;;/m1../s1. The Labute approximate surface area is 627 Å². The number of likely N-dealkylation sites (N-methyl/N-ethyl adjacent to an activating group) is 1. The number of carbonyl (C=O) groups is 3. The predicted octanol–water partition coefficient (Wildman–Crippen LogP) is 13.7. The number of benzene rings is 7. The maximum atomic E-state index is 14.1. The van der Waals surface area contributed by atoms with Crippen LogP contribution in [0.5, 0.6) is 17.2 Å². The van der Waals surface area contributed by atoms with Crippen LogP contribution in [0.2, 0.25) is 0 Å². The fraction of sp³-hybridized carbons (Fsp3) is 0.523. The number of thiophene rings is 1. The van der Waals surface area contributed by atoms with Crippen molar-refractivity contribution in [1.82, 2.24) is 9.80 Å². The summed E-state index contributed by atoms with van der Waals surface area (Å²) in [7, 11) is 5.18. The highest BCUT2D eigenvalue weighted by molar-refractivity contribution is 7.22. The number of aliphatic hydroxyl groups is 5. The summed E-state index contributed by atoms with van der Waals surface area (Å²) in [6.07, 6.45) is -4.68. The first-order valence-electron chi connectivity index (χ1n) is 37.8. The van der Waals surface area contributed by atoms with E-state index < -0.39 is 108 Å². The summed E-state index contributed by atoms with van der Waals surface area (Å²) in [5.41, 5.74) is 0.267. The quantitative estimate of drug-likeness (QED) is 0.0231. The molecule has 4 aliphatic heterocycles. The van der Waals surface area contributed by atoms with Crippen LogP contribution in [0.25, 0.3) is 52.8 Å². The lowest BCUT2D eigenvalue weighted by molar-refractivity contribution is -0.318. The number of esters is 1. The van der Waals surface area contributed by atoms with Crippen molar-refractivity contribution in [3.8, 4) is 27.7 Å². The van der Waals surface area contributed by atoms with Gasteiger partial charge in [-0.05, 0) is 235 Å². The number of cyclic esters (lactones) is 1. The van der Waals surface area contributed by atoms with E-state index in [1.165, 1.54) is 103 Å². The molecule has 0 bridgehead atoms. The maximum Gasteiger partial charge on any atom is 0.311 e. The van der Waals surface area contributed by atoms with E-state index in [1.807, 2.05) is 50.2 Å². The van der Waals surface area contributed by atoms with Gasteiger partial charge in [-0.15, -0.1) is 11.3 Å². The van der Waals surface area contributed by atoms with E-state index >= 15 is 0 Å². The summed E-state index contributed by atoms with van der Waals surface area (Å²) in [4.78, 5) is 46.7. The first kappa shape index (κ1) is 80.0. The number of phenolic OH excluding ortho intramolecular Hbond substituents is 2. The van der Waals surface area contributed by atoms with Crippen molar-refractivity contribution >= 4 is 71.3 Å². The molecule has 1 aromatic heterocycles. The summed E-state index contributed by atoms with van der Waals surface area (Å²) in [5, 5.41) is 86.5. The summed E-state index contributed by atoms with van der Waals surface area (Å²) >= 11 is 1.46. The molecule has 20 heteroatoms. The molecule has 5 aliphatic rings. The Bertz CT molecular complexity index is 4360. The molecule has 4 saturated heterocycles. The number of methoxy groups -OCH3 is 1. The van der Waals surface area contributed by atoms with Crippen LogP contribution in [0, 0.1) is 23.7 Å². The molecular formula is C86H110N2O17S. The average Bonchev–Trinajstić information content (AvgIpc) is 1.51. The summed E-state index contributed by atoms with van der Waals surface area (Å²) < 4.78 is 43.8. The molecule has 8 aromatic rings. The zero-order valence-electron chi connectivity index (χ0n) is 63.9. The van der Waals surface area contributed by atoms with Crippen LogP contribution in [0.1, 0.15) is 154 Å². The number of fused-ring (bicyclic) bond motifs is 5. The van der Waals surface area contributed by atoms with Gasteiger partial charge in [0.1, 0.15) is 53.6 Å². The molecule has 0 amide bonds. The molecule has 5 heterocycles. The number of ketones is 2. The molecule has 19 nitrogen and oxygen atoms in total. The van der Waals surface area contributed by atoms with Crippen LogP contribution < -0.4 is 4.74 Å². The number of aliphatic hydroxyl groups excluding tert-OH is 3. The topological polar surface area (TPSA) is 264 Å². The fourth-order valence-corrected chi connectivity index (χ4v) is 18.3. The molecule has 0 radical (unpaired) electrons. The summed E-state index contributed by atoms with van der Waals surface area (Å²) in [6, 6.07) is 41.4. The van der Waals surface area contributed by atoms with E-state index in [0.717, 1.165) is 45.9 Å². The second-order valence-corrected chi connectivity index (χ2v) is 32.5. The van der Waals surface area contributed by atoms with Crippen LogP contribution >= 0.6 is 11.3 Å². The summed E-state index contributed by atoms with van der Waals surface area (Å²) in [5.74, 6) is -3.35. The minimum Gasteiger partial charge on any atom is -0.508 e. The van der Waals surface area contributed by atoms with Crippen molar-refractivity contribution < 1.29 is 83.3 Å². The van der Waals surface area contributed by atoms with E-state index in [-0.39, 0.29) is 48.7 Å². The number of hydrogen-bond donors (Lipinski definition) is 7. The third-order valence-corrected chi connectivity index (χ3v) is 24.3. The lowest BCUT2D eigenvalue weighted by Crippen LogP contribution is -2.61. The Hall–Kier alpha value is -6.99. The first-order chi connectivity index (χ1) is 50.3. The largest absolute Gasteiger partial charge is 0.508 e. The highest BCUT2D eigenvalue weighted by atomic mass is 32.1. The Morgan fingerprint density at radius 2 is 1.39 bits per heavy atom. The van der Waals surface area contributed by atoms with Crippen molar-refractivity contribution in [3.63, 3.8) is 0 Å². The number of carbonyl (C=O) groups excluding carboxylic acids is 3. The number of likely N-dealkylation sites (tertiary alicyclic amines) is 1. The van der Waals surface area contributed by atoms with E-state index in [2.05, 4.69) is 72.5 Å². The number of piperidine rings is 1. The SMILES string of the molecule is CC1Cc2cccc3cc4c(ccc5ccccc54)c1c23.CC[C@H]1OC(=O)[C@H](C)[C@@H](O[C@H]2C[C@@](C)(OC)[C@@H](O)[C@H](C)O2)[C@H](C)[C@@H](O[C@@H]2O[C@H](C)C[C@H](N(C)C)[C@H]2O)[C@](C)(O)C[C@@H](C)C(=O)[C@H](C)[C@@H](O)[C@]1(C)O.O=C(c1ccc(OCCN2CCCCC2)cc1)c1c(-c2ccc(O)cc2)sc2cc(O)ccc12. The molecule has 0 saturated carbocycles. The monoisotopic (exact) mass is 1470 g/mol.